The van der Waals surface area contributed by atoms with Gasteiger partial charge in [-0.1, -0.05) is 0 Å². The summed E-state index contributed by atoms with van der Waals surface area (Å²) in [5, 5.41) is 9.71. The SMILES string of the molecule is CC(C)N(CCc1c[nH]c2ccc(OC(=O)CCCCC(=O)O)cc12)C(C)C. The third-order valence-corrected chi connectivity index (χ3v) is 4.96. The summed E-state index contributed by atoms with van der Waals surface area (Å²) in [6, 6.07) is 6.59. The van der Waals surface area contributed by atoms with Crippen LogP contribution in [0.15, 0.2) is 24.4 Å². The molecule has 154 valence electrons. The maximum atomic E-state index is 12.0. The van der Waals surface area contributed by atoms with E-state index < -0.39 is 5.97 Å². The van der Waals surface area contributed by atoms with Crippen LogP contribution >= 0.6 is 0 Å². The molecule has 0 bridgehead atoms. The molecular formula is C22H32N2O4. The van der Waals surface area contributed by atoms with Crippen molar-refractivity contribution in [2.24, 2.45) is 0 Å². The summed E-state index contributed by atoms with van der Waals surface area (Å²) in [4.78, 5) is 28.3. The smallest absolute Gasteiger partial charge is 0.311 e. The summed E-state index contributed by atoms with van der Waals surface area (Å²) in [5.41, 5.74) is 2.23. The predicted molar refractivity (Wildman–Crippen MR) is 111 cm³/mol. The molecule has 0 aliphatic rings. The predicted octanol–water partition coefficient (Wildman–Crippen LogP) is 4.38. The summed E-state index contributed by atoms with van der Waals surface area (Å²) < 4.78 is 5.45. The molecule has 0 aliphatic carbocycles. The molecule has 6 nitrogen and oxygen atoms in total. The molecule has 1 aromatic carbocycles. The quantitative estimate of drug-likeness (QED) is 0.339. The van der Waals surface area contributed by atoms with Gasteiger partial charge < -0.3 is 14.8 Å². The number of rotatable bonds is 11. The molecule has 2 N–H and O–H groups in total. The topological polar surface area (TPSA) is 82.6 Å². The first-order valence-electron chi connectivity index (χ1n) is 10.1. The standard InChI is InChI=1S/C22H32N2O4/c1-15(2)24(16(3)4)12-11-17-14-23-20-10-9-18(13-19(17)20)28-22(27)8-6-5-7-21(25)26/h9-10,13-16,23H,5-8,11-12H2,1-4H3,(H,25,26). The minimum absolute atomic E-state index is 0.0791. The number of esters is 1. The maximum absolute atomic E-state index is 12.0. The van der Waals surface area contributed by atoms with Gasteiger partial charge in [0.15, 0.2) is 0 Å². The Morgan fingerprint density at radius 2 is 1.79 bits per heavy atom. The summed E-state index contributed by atoms with van der Waals surface area (Å²) in [7, 11) is 0. The Balaban J connectivity index is 1.99. The molecule has 0 saturated heterocycles. The highest BCUT2D eigenvalue weighted by Crippen LogP contribution is 2.25. The molecule has 28 heavy (non-hydrogen) atoms. The molecule has 0 saturated carbocycles. The molecule has 2 rings (SSSR count). The van der Waals surface area contributed by atoms with E-state index in [0.717, 1.165) is 23.9 Å². The highest BCUT2D eigenvalue weighted by molar-refractivity contribution is 5.85. The van der Waals surface area contributed by atoms with Crippen LogP contribution in [-0.4, -0.2) is 45.6 Å². The van der Waals surface area contributed by atoms with E-state index in [0.29, 0.717) is 30.7 Å². The van der Waals surface area contributed by atoms with Gasteiger partial charge in [0.1, 0.15) is 5.75 Å². The third-order valence-electron chi connectivity index (χ3n) is 4.96. The van der Waals surface area contributed by atoms with Crippen LogP contribution in [0.4, 0.5) is 0 Å². The van der Waals surface area contributed by atoms with Gasteiger partial charge >= 0.3 is 11.9 Å². The summed E-state index contributed by atoms with van der Waals surface area (Å²) in [6.45, 7) is 9.81. The second-order valence-electron chi connectivity index (χ2n) is 7.77. The van der Waals surface area contributed by atoms with Crippen LogP contribution in [-0.2, 0) is 16.0 Å². The number of hydrogen-bond acceptors (Lipinski definition) is 4. The number of ether oxygens (including phenoxy) is 1. The minimum Gasteiger partial charge on any atom is -0.481 e. The normalized spacial score (nSPS) is 11.7. The molecule has 2 aromatic rings. The Morgan fingerprint density at radius 3 is 2.43 bits per heavy atom. The zero-order chi connectivity index (χ0) is 20.7. The van der Waals surface area contributed by atoms with Crippen LogP contribution in [0.5, 0.6) is 5.75 Å². The molecule has 6 heteroatoms. The molecule has 0 atom stereocenters. The van der Waals surface area contributed by atoms with Crippen LogP contribution in [0.25, 0.3) is 10.9 Å². The van der Waals surface area contributed by atoms with Crippen molar-refractivity contribution in [3.63, 3.8) is 0 Å². The lowest BCUT2D eigenvalue weighted by Gasteiger charge is -2.30. The second-order valence-corrected chi connectivity index (χ2v) is 7.77. The fourth-order valence-electron chi connectivity index (χ4n) is 3.52. The zero-order valence-electron chi connectivity index (χ0n) is 17.3. The molecule has 0 amide bonds. The van der Waals surface area contributed by atoms with E-state index in [1.807, 2.05) is 18.3 Å². The number of aromatic amines is 1. The van der Waals surface area contributed by atoms with E-state index in [1.165, 1.54) is 5.56 Å². The lowest BCUT2D eigenvalue weighted by Crippen LogP contribution is -2.38. The van der Waals surface area contributed by atoms with E-state index in [4.69, 9.17) is 9.84 Å². The van der Waals surface area contributed by atoms with E-state index in [1.54, 1.807) is 6.07 Å². The van der Waals surface area contributed by atoms with Crippen molar-refractivity contribution in [1.82, 2.24) is 9.88 Å². The summed E-state index contributed by atoms with van der Waals surface area (Å²) in [5.74, 6) is -0.638. The Kier molecular flexibility index (Phi) is 8.05. The Labute approximate surface area is 166 Å². The number of hydrogen-bond donors (Lipinski definition) is 2. The first kappa shape index (κ1) is 22.0. The number of H-pyrrole nitrogens is 1. The van der Waals surface area contributed by atoms with Crippen molar-refractivity contribution < 1.29 is 19.4 Å². The van der Waals surface area contributed by atoms with E-state index in [9.17, 15) is 9.59 Å². The lowest BCUT2D eigenvalue weighted by atomic mass is 10.1. The lowest BCUT2D eigenvalue weighted by molar-refractivity contribution is -0.138. The number of fused-ring (bicyclic) bond motifs is 1. The van der Waals surface area contributed by atoms with Gasteiger partial charge in [0.25, 0.3) is 0 Å². The number of carbonyl (C=O) groups is 2. The minimum atomic E-state index is -0.840. The fourth-order valence-corrected chi connectivity index (χ4v) is 3.52. The monoisotopic (exact) mass is 388 g/mol. The molecule has 0 spiro atoms. The molecule has 0 fully saturated rings. The van der Waals surface area contributed by atoms with Crippen molar-refractivity contribution >= 4 is 22.8 Å². The van der Waals surface area contributed by atoms with Gasteiger partial charge in [-0.3, -0.25) is 14.5 Å². The molecule has 1 heterocycles. The zero-order valence-corrected chi connectivity index (χ0v) is 17.3. The van der Waals surface area contributed by atoms with Crippen LogP contribution in [0.3, 0.4) is 0 Å². The highest BCUT2D eigenvalue weighted by Gasteiger charge is 2.15. The van der Waals surface area contributed by atoms with E-state index in [2.05, 4.69) is 37.6 Å². The number of carboxylic acid groups (broad SMARTS) is 1. The number of carboxylic acids is 1. The van der Waals surface area contributed by atoms with Crippen LogP contribution in [0, 0.1) is 0 Å². The highest BCUT2D eigenvalue weighted by atomic mass is 16.5. The third kappa shape index (κ3) is 6.37. The molecular weight excluding hydrogens is 356 g/mol. The average molecular weight is 389 g/mol. The van der Waals surface area contributed by atoms with Crippen LogP contribution in [0.2, 0.25) is 0 Å². The Morgan fingerprint density at radius 1 is 1.11 bits per heavy atom. The first-order chi connectivity index (χ1) is 13.3. The van der Waals surface area contributed by atoms with Gasteiger partial charge in [-0.25, -0.2) is 0 Å². The molecule has 0 unspecified atom stereocenters. The van der Waals surface area contributed by atoms with Crippen molar-refractivity contribution in [2.75, 3.05) is 6.54 Å². The van der Waals surface area contributed by atoms with E-state index in [-0.39, 0.29) is 18.8 Å². The molecule has 1 aromatic heterocycles. The number of nitrogens with zero attached hydrogens (tertiary/aromatic N) is 1. The van der Waals surface area contributed by atoms with E-state index >= 15 is 0 Å². The van der Waals surface area contributed by atoms with Gasteiger partial charge in [0.05, 0.1) is 0 Å². The van der Waals surface area contributed by atoms with Crippen LogP contribution < -0.4 is 4.74 Å². The van der Waals surface area contributed by atoms with Gasteiger partial charge in [0.2, 0.25) is 0 Å². The Bertz CT molecular complexity index is 787. The number of aromatic nitrogens is 1. The number of benzene rings is 1. The van der Waals surface area contributed by atoms with Gasteiger partial charge in [-0.15, -0.1) is 0 Å². The molecule has 0 aliphatic heterocycles. The summed E-state index contributed by atoms with van der Waals surface area (Å²) >= 11 is 0. The largest absolute Gasteiger partial charge is 0.481 e. The van der Waals surface area contributed by atoms with Gasteiger partial charge in [-0.05, 0) is 70.7 Å². The molecule has 0 radical (unpaired) electrons. The number of aliphatic carboxylic acids is 1. The van der Waals surface area contributed by atoms with Crippen LogP contribution in [0.1, 0.15) is 58.9 Å². The fraction of sp³-hybridized carbons (Fsp3) is 0.545. The van der Waals surface area contributed by atoms with Crippen molar-refractivity contribution in [1.29, 1.82) is 0 Å². The van der Waals surface area contributed by atoms with Crippen molar-refractivity contribution in [2.45, 2.75) is 71.9 Å². The Hall–Kier alpha value is -2.34. The van der Waals surface area contributed by atoms with Gasteiger partial charge in [0, 0.05) is 48.6 Å². The number of nitrogens with one attached hydrogen (secondary N) is 1. The van der Waals surface area contributed by atoms with Gasteiger partial charge in [-0.2, -0.15) is 0 Å². The summed E-state index contributed by atoms with van der Waals surface area (Å²) in [6.07, 6.45) is 4.25. The number of unbranched alkanes of at least 4 members (excludes halogenated alkanes) is 1. The number of carbonyl (C=O) groups excluding carboxylic acids is 1. The second kappa shape index (κ2) is 10.3. The first-order valence-corrected chi connectivity index (χ1v) is 10.1. The van der Waals surface area contributed by atoms with Crippen molar-refractivity contribution in [3.05, 3.63) is 30.0 Å². The average Bonchev–Trinajstić information content (AvgIpc) is 3.00. The maximum Gasteiger partial charge on any atom is 0.311 e. The van der Waals surface area contributed by atoms with Crippen molar-refractivity contribution in [3.8, 4) is 5.75 Å².